The molecule has 0 amide bonds. The number of ether oxygens (including phenoxy) is 2. The first kappa shape index (κ1) is 19.5. The Morgan fingerprint density at radius 3 is 2.50 bits per heavy atom. The molecule has 0 saturated carbocycles. The summed E-state index contributed by atoms with van der Waals surface area (Å²) in [5.41, 5.74) is 2.32. The van der Waals surface area contributed by atoms with E-state index >= 15 is 0 Å². The second-order valence-electron chi connectivity index (χ2n) is 6.80. The van der Waals surface area contributed by atoms with Gasteiger partial charge in [0.25, 0.3) is 0 Å². The minimum atomic E-state index is -0.341. The Hall–Kier alpha value is -3.86. The van der Waals surface area contributed by atoms with Gasteiger partial charge in [0, 0.05) is 18.1 Å². The van der Waals surface area contributed by atoms with Gasteiger partial charge in [-0.15, -0.1) is 0 Å². The van der Waals surface area contributed by atoms with Crippen LogP contribution >= 0.6 is 0 Å². The predicted molar refractivity (Wildman–Crippen MR) is 115 cm³/mol. The van der Waals surface area contributed by atoms with E-state index in [0.717, 1.165) is 5.56 Å². The van der Waals surface area contributed by atoms with E-state index in [9.17, 15) is 9.59 Å². The van der Waals surface area contributed by atoms with Gasteiger partial charge >= 0.3 is 5.97 Å². The van der Waals surface area contributed by atoms with Gasteiger partial charge in [-0.05, 0) is 30.2 Å². The van der Waals surface area contributed by atoms with E-state index in [1.54, 1.807) is 37.4 Å². The minimum absolute atomic E-state index is 0.178. The number of carbonyl (C=O) groups excluding carboxylic acids is 1. The summed E-state index contributed by atoms with van der Waals surface area (Å²) in [6, 6.07) is 21.8. The molecule has 5 heteroatoms. The molecule has 1 aromatic heterocycles. The molecule has 0 N–H and O–H groups in total. The third-order valence-electron chi connectivity index (χ3n) is 4.84. The summed E-state index contributed by atoms with van der Waals surface area (Å²) in [6.07, 6.45) is 2.27. The number of para-hydroxylation sites is 1. The maximum Gasteiger partial charge on any atom is 0.311 e. The topological polar surface area (TPSA) is 65.7 Å². The predicted octanol–water partition coefficient (Wildman–Crippen LogP) is 5.01. The zero-order valence-corrected chi connectivity index (χ0v) is 16.5. The first-order chi connectivity index (χ1) is 14.7. The van der Waals surface area contributed by atoms with Gasteiger partial charge in [-0.25, -0.2) is 0 Å². The van der Waals surface area contributed by atoms with E-state index in [1.807, 2.05) is 42.5 Å². The Bertz CT molecular complexity index is 1240. The Kier molecular flexibility index (Phi) is 5.61. The van der Waals surface area contributed by atoms with Gasteiger partial charge in [0.15, 0.2) is 0 Å². The molecule has 0 spiro atoms. The average molecular weight is 400 g/mol. The quantitative estimate of drug-likeness (QED) is 0.336. The lowest BCUT2D eigenvalue weighted by molar-refractivity contribution is -0.134. The molecule has 0 aliphatic heterocycles. The summed E-state index contributed by atoms with van der Waals surface area (Å²) < 4.78 is 16.4. The number of fused-ring (bicyclic) bond motifs is 1. The maximum absolute atomic E-state index is 13.0. The maximum atomic E-state index is 13.0. The SMILES string of the molecule is COc1ccccc1-c1coc2cc(OC(=O)CCc3ccccc3)ccc2c1=O. The molecule has 3 aromatic carbocycles. The Morgan fingerprint density at radius 2 is 1.70 bits per heavy atom. The largest absolute Gasteiger partial charge is 0.496 e. The normalized spacial score (nSPS) is 10.7. The van der Waals surface area contributed by atoms with Gasteiger partial charge in [0.05, 0.1) is 18.1 Å². The molecule has 0 radical (unpaired) electrons. The molecule has 150 valence electrons. The van der Waals surface area contributed by atoms with Crippen LogP contribution in [0.2, 0.25) is 0 Å². The van der Waals surface area contributed by atoms with Gasteiger partial charge < -0.3 is 13.9 Å². The van der Waals surface area contributed by atoms with Crippen LogP contribution in [0.15, 0.2) is 88.3 Å². The van der Waals surface area contributed by atoms with Crippen LogP contribution in [0, 0.1) is 0 Å². The van der Waals surface area contributed by atoms with Crippen molar-refractivity contribution >= 4 is 16.9 Å². The summed E-state index contributed by atoms with van der Waals surface area (Å²) >= 11 is 0. The fourth-order valence-electron chi connectivity index (χ4n) is 3.30. The average Bonchev–Trinajstić information content (AvgIpc) is 2.79. The van der Waals surface area contributed by atoms with Crippen molar-refractivity contribution in [3.05, 3.63) is 94.8 Å². The molecule has 1 heterocycles. The van der Waals surface area contributed by atoms with Crippen molar-refractivity contribution in [2.45, 2.75) is 12.8 Å². The summed E-state index contributed by atoms with van der Waals surface area (Å²) in [4.78, 5) is 25.1. The molecule has 5 nitrogen and oxygen atoms in total. The molecule has 4 rings (SSSR count). The van der Waals surface area contributed by atoms with Gasteiger partial charge in [-0.2, -0.15) is 0 Å². The smallest absolute Gasteiger partial charge is 0.311 e. The standard InChI is InChI=1S/C25H20O5/c1-28-22-10-6-5-9-19(22)21-16-29-23-15-18(12-13-20(23)25(21)27)30-24(26)14-11-17-7-3-2-4-8-17/h2-10,12-13,15-16H,11,14H2,1H3. The highest BCUT2D eigenvalue weighted by molar-refractivity contribution is 5.84. The van der Waals surface area contributed by atoms with Crippen molar-refractivity contribution in [2.24, 2.45) is 0 Å². The summed E-state index contributed by atoms with van der Waals surface area (Å²) in [6.45, 7) is 0. The van der Waals surface area contributed by atoms with E-state index in [1.165, 1.54) is 6.26 Å². The highest BCUT2D eigenvalue weighted by Crippen LogP contribution is 2.29. The van der Waals surface area contributed by atoms with Crippen molar-refractivity contribution in [3.8, 4) is 22.6 Å². The van der Waals surface area contributed by atoms with Crippen LogP contribution in [0.3, 0.4) is 0 Å². The third kappa shape index (κ3) is 4.10. The molecule has 0 aliphatic carbocycles. The van der Waals surface area contributed by atoms with E-state index in [2.05, 4.69) is 0 Å². The number of rotatable bonds is 6. The number of hydrogen-bond donors (Lipinski definition) is 0. The summed E-state index contributed by atoms with van der Waals surface area (Å²) in [7, 11) is 1.56. The van der Waals surface area contributed by atoms with Crippen LogP contribution in [0.5, 0.6) is 11.5 Å². The van der Waals surface area contributed by atoms with E-state index in [-0.39, 0.29) is 17.8 Å². The summed E-state index contributed by atoms with van der Waals surface area (Å²) in [5, 5.41) is 0.405. The Morgan fingerprint density at radius 1 is 0.933 bits per heavy atom. The fourth-order valence-corrected chi connectivity index (χ4v) is 3.30. The van der Waals surface area contributed by atoms with Crippen LogP contribution in [0.25, 0.3) is 22.1 Å². The zero-order valence-electron chi connectivity index (χ0n) is 16.5. The lowest BCUT2D eigenvalue weighted by Crippen LogP contribution is -2.10. The second-order valence-corrected chi connectivity index (χ2v) is 6.80. The van der Waals surface area contributed by atoms with E-state index in [4.69, 9.17) is 13.9 Å². The van der Waals surface area contributed by atoms with Crippen molar-refractivity contribution in [2.75, 3.05) is 7.11 Å². The number of hydrogen-bond acceptors (Lipinski definition) is 5. The van der Waals surface area contributed by atoms with Crippen LogP contribution in [-0.4, -0.2) is 13.1 Å². The van der Waals surface area contributed by atoms with Crippen LogP contribution in [0.4, 0.5) is 0 Å². The molecular weight excluding hydrogens is 380 g/mol. The monoisotopic (exact) mass is 400 g/mol. The van der Waals surface area contributed by atoms with Crippen LogP contribution in [-0.2, 0) is 11.2 Å². The van der Waals surface area contributed by atoms with Crippen LogP contribution in [0.1, 0.15) is 12.0 Å². The Balaban J connectivity index is 1.55. The van der Waals surface area contributed by atoms with Gasteiger partial charge in [0.1, 0.15) is 23.3 Å². The number of methoxy groups -OCH3 is 1. The van der Waals surface area contributed by atoms with Gasteiger partial charge in [0.2, 0.25) is 5.43 Å². The molecule has 0 bridgehead atoms. The van der Waals surface area contributed by atoms with Crippen LogP contribution < -0.4 is 14.9 Å². The third-order valence-corrected chi connectivity index (χ3v) is 4.84. The number of carbonyl (C=O) groups is 1. The molecule has 0 saturated heterocycles. The summed E-state index contributed by atoms with van der Waals surface area (Å²) in [5.74, 6) is 0.591. The van der Waals surface area contributed by atoms with Crippen molar-refractivity contribution in [1.82, 2.24) is 0 Å². The molecule has 0 unspecified atom stereocenters. The first-order valence-corrected chi connectivity index (χ1v) is 9.59. The highest BCUT2D eigenvalue weighted by Gasteiger charge is 2.14. The number of benzene rings is 3. The number of aryl methyl sites for hydroxylation is 1. The fraction of sp³-hybridized carbons (Fsp3) is 0.120. The van der Waals surface area contributed by atoms with Crippen molar-refractivity contribution < 1.29 is 18.7 Å². The second kappa shape index (κ2) is 8.66. The van der Waals surface area contributed by atoms with E-state index < -0.39 is 0 Å². The highest BCUT2D eigenvalue weighted by atomic mass is 16.5. The molecule has 0 atom stereocenters. The van der Waals surface area contributed by atoms with E-state index in [0.29, 0.717) is 40.0 Å². The molecule has 4 aromatic rings. The first-order valence-electron chi connectivity index (χ1n) is 9.59. The van der Waals surface area contributed by atoms with Gasteiger partial charge in [-0.3, -0.25) is 9.59 Å². The minimum Gasteiger partial charge on any atom is -0.496 e. The van der Waals surface area contributed by atoms with Gasteiger partial charge in [-0.1, -0.05) is 48.5 Å². The zero-order chi connectivity index (χ0) is 20.9. The molecule has 0 fully saturated rings. The van der Waals surface area contributed by atoms with Crippen molar-refractivity contribution in [3.63, 3.8) is 0 Å². The molecule has 30 heavy (non-hydrogen) atoms. The molecular formula is C25H20O5. The molecule has 0 aliphatic rings. The Labute approximate surface area is 173 Å². The lowest BCUT2D eigenvalue weighted by Gasteiger charge is -2.09. The van der Waals surface area contributed by atoms with Crippen molar-refractivity contribution in [1.29, 1.82) is 0 Å². The lowest BCUT2D eigenvalue weighted by atomic mass is 10.0. The number of esters is 1.